The Labute approximate surface area is 146 Å². The molecule has 3 nitrogen and oxygen atoms in total. The molecule has 23 heavy (non-hydrogen) atoms. The maximum atomic E-state index is 12.2. The van der Waals surface area contributed by atoms with Crippen LogP contribution >= 0.6 is 15.9 Å². The zero-order valence-electron chi connectivity index (χ0n) is 13.8. The fourth-order valence-corrected chi connectivity index (χ4v) is 2.96. The third kappa shape index (κ3) is 5.10. The normalized spacial score (nSPS) is 10.7. The van der Waals surface area contributed by atoms with E-state index in [1.807, 2.05) is 31.2 Å². The number of rotatable bonds is 5. The lowest BCUT2D eigenvalue weighted by Crippen LogP contribution is -2.31. The van der Waals surface area contributed by atoms with Crippen LogP contribution in [0.25, 0.3) is 0 Å². The molecule has 2 amide bonds. The second-order valence-electron chi connectivity index (χ2n) is 5.95. The quantitative estimate of drug-likeness (QED) is 0.737. The van der Waals surface area contributed by atoms with E-state index in [2.05, 4.69) is 58.6 Å². The van der Waals surface area contributed by atoms with E-state index in [9.17, 15) is 4.79 Å². The molecule has 0 fully saturated rings. The summed E-state index contributed by atoms with van der Waals surface area (Å²) >= 11 is 3.46. The third-order valence-corrected chi connectivity index (χ3v) is 4.25. The van der Waals surface area contributed by atoms with Crippen LogP contribution in [0.5, 0.6) is 0 Å². The zero-order chi connectivity index (χ0) is 16.8. The third-order valence-electron chi connectivity index (χ3n) is 3.75. The SMILES string of the molecule is Cc1cccc(C(C)C)c1NC(=O)NCCc1cccc(Br)c1. The highest BCUT2D eigenvalue weighted by Crippen LogP contribution is 2.27. The van der Waals surface area contributed by atoms with Crippen molar-refractivity contribution in [1.82, 2.24) is 5.32 Å². The topological polar surface area (TPSA) is 41.1 Å². The van der Waals surface area contributed by atoms with Gasteiger partial charge in [-0.3, -0.25) is 0 Å². The molecule has 0 aliphatic rings. The van der Waals surface area contributed by atoms with Gasteiger partial charge in [0, 0.05) is 16.7 Å². The molecule has 2 aromatic carbocycles. The van der Waals surface area contributed by atoms with E-state index in [4.69, 9.17) is 0 Å². The van der Waals surface area contributed by atoms with E-state index in [1.54, 1.807) is 0 Å². The van der Waals surface area contributed by atoms with Gasteiger partial charge in [-0.2, -0.15) is 0 Å². The summed E-state index contributed by atoms with van der Waals surface area (Å²) in [6.07, 6.45) is 0.803. The Bertz CT molecular complexity index is 683. The molecule has 0 aliphatic heterocycles. The maximum Gasteiger partial charge on any atom is 0.319 e. The van der Waals surface area contributed by atoms with Gasteiger partial charge in [-0.25, -0.2) is 4.79 Å². The number of urea groups is 1. The second kappa shape index (κ2) is 8.16. The molecule has 0 heterocycles. The van der Waals surface area contributed by atoms with Crippen molar-refractivity contribution in [3.8, 4) is 0 Å². The summed E-state index contributed by atoms with van der Waals surface area (Å²) in [5, 5.41) is 5.93. The van der Waals surface area contributed by atoms with E-state index < -0.39 is 0 Å². The number of carbonyl (C=O) groups is 1. The van der Waals surface area contributed by atoms with Crippen molar-refractivity contribution < 1.29 is 4.79 Å². The van der Waals surface area contributed by atoms with Crippen molar-refractivity contribution in [2.24, 2.45) is 0 Å². The number of aryl methyl sites for hydroxylation is 1. The Morgan fingerprint density at radius 3 is 2.61 bits per heavy atom. The summed E-state index contributed by atoms with van der Waals surface area (Å²) in [6.45, 7) is 6.88. The van der Waals surface area contributed by atoms with Gasteiger partial charge >= 0.3 is 6.03 Å². The molecule has 0 unspecified atom stereocenters. The van der Waals surface area contributed by atoms with Gasteiger partial charge in [0.1, 0.15) is 0 Å². The number of amides is 2. The van der Waals surface area contributed by atoms with E-state index in [0.29, 0.717) is 12.5 Å². The molecule has 0 spiro atoms. The fourth-order valence-electron chi connectivity index (χ4n) is 2.51. The molecule has 122 valence electrons. The minimum Gasteiger partial charge on any atom is -0.338 e. The smallest absolute Gasteiger partial charge is 0.319 e. The largest absolute Gasteiger partial charge is 0.338 e. The first kappa shape index (κ1) is 17.5. The molecule has 2 aromatic rings. The molecule has 0 saturated heterocycles. The van der Waals surface area contributed by atoms with E-state index >= 15 is 0 Å². The summed E-state index contributed by atoms with van der Waals surface area (Å²) < 4.78 is 1.06. The van der Waals surface area contributed by atoms with Crippen molar-refractivity contribution in [2.75, 3.05) is 11.9 Å². The number of carbonyl (C=O) groups excluding carboxylic acids is 1. The average Bonchev–Trinajstić information content (AvgIpc) is 2.49. The van der Waals surface area contributed by atoms with E-state index in [0.717, 1.165) is 27.7 Å². The highest BCUT2D eigenvalue weighted by molar-refractivity contribution is 9.10. The lowest BCUT2D eigenvalue weighted by Gasteiger charge is -2.16. The molecule has 0 saturated carbocycles. The zero-order valence-corrected chi connectivity index (χ0v) is 15.4. The standard InChI is InChI=1S/C19H23BrN2O/c1-13(2)17-9-4-6-14(3)18(17)22-19(23)21-11-10-15-7-5-8-16(20)12-15/h4-9,12-13H,10-11H2,1-3H3,(H2,21,22,23). The lowest BCUT2D eigenvalue weighted by atomic mass is 9.98. The van der Waals surface area contributed by atoms with Crippen molar-refractivity contribution in [2.45, 2.75) is 33.1 Å². The van der Waals surface area contributed by atoms with E-state index in [1.165, 1.54) is 5.56 Å². The molecule has 0 bridgehead atoms. The molecule has 0 atom stereocenters. The number of hydrogen-bond donors (Lipinski definition) is 2. The van der Waals surface area contributed by atoms with E-state index in [-0.39, 0.29) is 6.03 Å². The van der Waals surface area contributed by atoms with Crippen LogP contribution in [0.15, 0.2) is 46.9 Å². The summed E-state index contributed by atoms with van der Waals surface area (Å²) in [4.78, 5) is 12.2. The van der Waals surface area contributed by atoms with Crippen LogP contribution in [-0.2, 0) is 6.42 Å². The second-order valence-corrected chi connectivity index (χ2v) is 6.87. The summed E-state index contributed by atoms with van der Waals surface area (Å²) in [5.74, 6) is 0.367. The highest BCUT2D eigenvalue weighted by atomic mass is 79.9. The molecule has 2 rings (SSSR count). The predicted octanol–water partition coefficient (Wildman–Crippen LogP) is 5.25. The Morgan fingerprint density at radius 1 is 1.17 bits per heavy atom. The fraction of sp³-hybridized carbons (Fsp3) is 0.316. The van der Waals surface area contributed by atoms with Crippen LogP contribution < -0.4 is 10.6 Å². The van der Waals surface area contributed by atoms with Crippen LogP contribution in [0.3, 0.4) is 0 Å². The number of halogens is 1. The Balaban J connectivity index is 1.93. The van der Waals surface area contributed by atoms with Gasteiger partial charge in [0.15, 0.2) is 0 Å². The number of hydrogen-bond acceptors (Lipinski definition) is 1. The number of nitrogens with one attached hydrogen (secondary N) is 2. The first-order chi connectivity index (χ1) is 11.0. The van der Waals surface area contributed by atoms with Gasteiger partial charge in [0.2, 0.25) is 0 Å². The highest BCUT2D eigenvalue weighted by Gasteiger charge is 2.11. The van der Waals surface area contributed by atoms with Crippen LogP contribution in [0.2, 0.25) is 0 Å². The van der Waals surface area contributed by atoms with Gasteiger partial charge in [-0.05, 0) is 48.1 Å². The van der Waals surface area contributed by atoms with Gasteiger partial charge in [0.05, 0.1) is 0 Å². The predicted molar refractivity (Wildman–Crippen MR) is 100 cm³/mol. The first-order valence-corrected chi connectivity index (χ1v) is 8.65. The van der Waals surface area contributed by atoms with Crippen molar-refractivity contribution in [3.05, 3.63) is 63.6 Å². The van der Waals surface area contributed by atoms with Crippen LogP contribution in [0, 0.1) is 6.92 Å². The summed E-state index contributed by atoms with van der Waals surface area (Å²) in [5.41, 5.74) is 4.35. The van der Waals surface area contributed by atoms with Crippen LogP contribution in [0.1, 0.15) is 36.5 Å². The van der Waals surface area contributed by atoms with Crippen molar-refractivity contribution >= 4 is 27.6 Å². The van der Waals surface area contributed by atoms with Gasteiger partial charge in [0.25, 0.3) is 0 Å². The Kier molecular flexibility index (Phi) is 6.22. The molecular formula is C19H23BrN2O. The Hall–Kier alpha value is -1.81. The summed E-state index contributed by atoms with van der Waals surface area (Å²) in [6, 6.07) is 14.1. The molecule has 2 N–H and O–H groups in total. The monoisotopic (exact) mass is 374 g/mol. The first-order valence-electron chi connectivity index (χ1n) is 7.86. The van der Waals surface area contributed by atoms with Gasteiger partial charge in [-0.15, -0.1) is 0 Å². The number of para-hydroxylation sites is 1. The molecule has 0 radical (unpaired) electrons. The van der Waals surface area contributed by atoms with Gasteiger partial charge in [-0.1, -0.05) is 60.1 Å². The molecular weight excluding hydrogens is 352 g/mol. The van der Waals surface area contributed by atoms with Crippen LogP contribution in [0.4, 0.5) is 10.5 Å². The molecule has 4 heteroatoms. The maximum absolute atomic E-state index is 12.2. The number of benzene rings is 2. The van der Waals surface area contributed by atoms with Crippen molar-refractivity contribution in [1.29, 1.82) is 0 Å². The van der Waals surface area contributed by atoms with Crippen LogP contribution in [-0.4, -0.2) is 12.6 Å². The average molecular weight is 375 g/mol. The van der Waals surface area contributed by atoms with Crippen molar-refractivity contribution in [3.63, 3.8) is 0 Å². The summed E-state index contributed by atoms with van der Waals surface area (Å²) in [7, 11) is 0. The minimum atomic E-state index is -0.156. The number of anilines is 1. The van der Waals surface area contributed by atoms with Gasteiger partial charge < -0.3 is 10.6 Å². The lowest BCUT2D eigenvalue weighted by molar-refractivity contribution is 0.252. The minimum absolute atomic E-state index is 0.156. The molecule has 0 aromatic heterocycles. The molecule has 0 aliphatic carbocycles. The Morgan fingerprint density at radius 2 is 1.91 bits per heavy atom.